The molecular weight excluding hydrogens is 542 g/mol. The van der Waals surface area contributed by atoms with Crippen molar-refractivity contribution in [1.29, 1.82) is 0 Å². The maximum absolute atomic E-state index is 15.1. The number of hydrogen-bond acceptors (Lipinski definition) is 6. The minimum absolute atomic E-state index is 0.0767. The Bertz CT molecular complexity index is 1250. The summed E-state index contributed by atoms with van der Waals surface area (Å²) in [5, 5.41) is 0.0767. The van der Waals surface area contributed by atoms with Crippen LogP contribution in [0.15, 0.2) is 59.6 Å². The van der Waals surface area contributed by atoms with Crippen molar-refractivity contribution in [2.24, 2.45) is 16.3 Å². The summed E-state index contributed by atoms with van der Waals surface area (Å²) in [7, 11) is 0. The molecule has 4 atom stereocenters. The molecule has 0 bridgehead atoms. The van der Waals surface area contributed by atoms with Crippen molar-refractivity contribution in [3.05, 3.63) is 65.2 Å². The highest BCUT2D eigenvalue weighted by Gasteiger charge is 2.91. The van der Waals surface area contributed by atoms with Crippen LogP contribution in [0.25, 0.3) is 0 Å². The van der Waals surface area contributed by atoms with Gasteiger partial charge in [0.1, 0.15) is 0 Å². The first-order valence-electron chi connectivity index (χ1n) is 11.5. The largest absolute Gasteiger partial charge is 0.465 e. The molecule has 204 valence electrons. The number of anilines is 1. The molecular formula is C25H21ClF6N2O4. The Kier molecular flexibility index (Phi) is 6.92. The first-order chi connectivity index (χ1) is 17.8. The summed E-state index contributed by atoms with van der Waals surface area (Å²) < 4.78 is 99.5. The van der Waals surface area contributed by atoms with E-state index >= 15 is 13.2 Å². The number of esters is 2. The molecule has 0 amide bonds. The summed E-state index contributed by atoms with van der Waals surface area (Å²) in [5.74, 6) is -5.64. The van der Waals surface area contributed by atoms with Crippen molar-refractivity contribution in [1.82, 2.24) is 0 Å². The van der Waals surface area contributed by atoms with Crippen LogP contribution in [-0.4, -0.2) is 54.9 Å². The smallest absolute Gasteiger partial charge is 0.444 e. The fourth-order valence-corrected chi connectivity index (χ4v) is 5.16. The second-order valence-corrected chi connectivity index (χ2v) is 9.05. The molecule has 0 spiro atoms. The van der Waals surface area contributed by atoms with Crippen molar-refractivity contribution < 1.29 is 45.4 Å². The highest BCUT2D eigenvalue weighted by Crippen LogP contribution is 2.70. The van der Waals surface area contributed by atoms with Crippen molar-refractivity contribution in [2.45, 2.75) is 37.9 Å². The van der Waals surface area contributed by atoms with E-state index in [1.807, 2.05) is 0 Å². The molecule has 1 fully saturated rings. The van der Waals surface area contributed by atoms with Gasteiger partial charge >= 0.3 is 30.0 Å². The van der Waals surface area contributed by atoms with Gasteiger partial charge in [-0.1, -0.05) is 41.9 Å². The predicted octanol–water partition coefficient (Wildman–Crippen LogP) is 5.58. The van der Waals surface area contributed by atoms with Gasteiger partial charge in [-0.2, -0.15) is 26.3 Å². The third-order valence-corrected chi connectivity index (χ3v) is 6.83. The van der Waals surface area contributed by atoms with E-state index < -0.39 is 71.9 Å². The van der Waals surface area contributed by atoms with Crippen molar-refractivity contribution >= 4 is 34.9 Å². The van der Waals surface area contributed by atoms with Crippen LogP contribution in [0.1, 0.15) is 19.4 Å². The number of fused-ring (bicyclic) bond motifs is 1. The maximum atomic E-state index is 15.1. The van der Waals surface area contributed by atoms with E-state index in [2.05, 4.69) is 4.99 Å². The summed E-state index contributed by atoms with van der Waals surface area (Å²) in [6, 6.07) is 8.88. The molecule has 13 heteroatoms. The Morgan fingerprint density at radius 1 is 0.895 bits per heavy atom. The van der Waals surface area contributed by atoms with Gasteiger partial charge in [-0.05, 0) is 43.7 Å². The fraction of sp³-hybridized carbons (Fsp3) is 0.400. The molecule has 2 aliphatic rings. The lowest BCUT2D eigenvalue weighted by atomic mass is 9.95. The van der Waals surface area contributed by atoms with E-state index in [4.69, 9.17) is 21.1 Å². The van der Waals surface area contributed by atoms with Gasteiger partial charge < -0.3 is 14.4 Å². The van der Waals surface area contributed by atoms with Gasteiger partial charge in [0.05, 0.1) is 30.9 Å². The SMILES string of the molecule is CCOC(=O)[C@@]1(C(F)(F)F)[C@H]2C(c3ccccc3)=N[C@@](C(=O)OCC)(C(F)(F)F)N(c3ccc(Cl)cc3)[C@H]21. The predicted molar refractivity (Wildman–Crippen MR) is 125 cm³/mol. The number of nitrogens with zero attached hydrogens (tertiary/aromatic N) is 2. The molecule has 4 rings (SSSR count). The van der Waals surface area contributed by atoms with E-state index in [1.54, 1.807) is 0 Å². The van der Waals surface area contributed by atoms with Gasteiger partial charge in [0.25, 0.3) is 0 Å². The molecule has 1 aliphatic carbocycles. The molecule has 0 saturated heterocycles. The average Bonchev–Trinajstić information content (AvgIpc) is 3.55. The Hall–Kier alpha value is -3.28. The number of benzene rings is 2. The monoisotopic (exact) mass is 562 g/mol. The van der Waals surface area contributed by atoms with Crippen molar-refractivity contribution in [3.8, 4) is 0 Å². The van der Waals surface area contributed by atoms with Crippen LogP contribution in [0.5, 0.6) is 0 Å². The quantitative estimate of drug-likeness (QED) is 0.340. The van der Waals surface area contributed by atoms with Crippen molar-refractivity contribution in [3.63, 3.8) is 0 Å². The Morgan fingerprint density at radius 3 is 1.95 bits per heavy atom. The highest BCUT2D eigenvalue weighted by atomic mass is 35.5. The molecule has 1 aliphatic heterocycles. The molecule has 0 aromatic heterocycles. The van der Waals surface area contributed by atoms with E-state index in [1.165, 1.54) is 44.2 Å². The lowest BCUT2D eigenvalue weighted by molar-refractivity contribution is -0.215. The standard InChI is InChI=1S/C25H21ClF6N2O4/c1-3-37-20(35)22(24(27,28)29)17-18(14-8-6-5-7-9-14)33-23(25(30,31)32,21(36)38-4-2)34(19(17)22)16-12-10-15(26)11-13-16/h5-13,17,19H,3-4H2,1-2H3/t17-,19+,22+,23+/m0/s1. The zero-order valence-corrected chi connectivity index (χ0v) is 20.7. The third-order valence-electron chi connectivity index (χ3n) is 6.58. The molecule has 2 aromatic carbocycles. The highest BCUT2D eigenvalue weighted by molar-refractivity contribution is 6.30. The summed E-state index contributed by atoms with van der Waals surface area (Å²) in [6.07, 6.45) is -11.0. The number of carbonyl (C=O) groups is 2. The van der Waals surface area contributed by atoms with Crippen LogP contribution in [0.4, 0.5) is 32.0 Å². The van der Waals surface area contributed by atoms with Crippen molar-refractivity contribution in [2.75, 3.05) is 18.1 Å². The lowest BCUT2D eigenvalue weighted by Crippen LogP contribution is -2.67. The number of aliphatic imine (C=N–C) groups is 1. The van der Waals surface area contributed by atoms with Gasteiger partial charge in [0.2, 0.25) is 0 Å². The molecule has 38 heavy (non-hydrogen) atoms. The van der Waals surface area contributed by atoms with Crippen LogP contribution in [-0.2, 0) is 19.1 Å². The second-order valence-electron chi connectivity index (χ2n) is 8.61. The van der Waals surface area contributed by atoms with E-state index in [-0.39, 0.29) is 15.5 Å². The average molecular weight is 563 g/mol. The fourth-order valence-electron chi connectivity index (χ4n) is 5.04. The van der Waals surface area contributed by atoms with E-state index in [0.717, 1.165) is 24.3 Å². The number of halogens is 7. The number of carbonyl (C=O) groups excluding carboxylic acids is 2. The number of ether oxygens (including phenoxy) is 2. The molecule has 1 heterocycles. The minimum atomic E-state index is -5.58. The second kappa shape index (κ2) is 9.48. The normalized spacial score (nSPS) is 26.8. The zero-order chi connectivity index (χ0) is 28.1. The summed E-state index contributed by atoms with van der Waals surface area (Å²) in [5.41, 5.74) is -8.72. The maximum Gasteiger partial charge on any atom is 0.444 e. The summed E-state index contributed by atoms with van der Waals surface area (Å²) in [4.78, 5) is 30.2. The molecule has 2 aromatic rings. The molecule has 0 N–H and O–H groups in total. The van der Waals surface area contributed by atoms with Gasteiger partial charge in [0.15, 0.2) is 5.41 Å². The molecule has 0 unspecified atom stereocenters. The van der Waals surface area contributed by atoms with Crippen LogP contribution in [0.2, 0.25) is 5.02 Å². The third kappa shape index (κ3) is 3.91. The topological polar surface area (TPSA) is 68.2 Å². The van der Waals surface area contributed by atoms with E-state index in [0.29, 0.717) is 0 Å². The summed E-state index contributed by atoms with van der Waals surface area (Å²) >= 11 is 5.88. The molecule has 1 saturated carbocycles. The van der Waals surface area contributed by atoms with Crippen LogP contribution < -0.4 is 4.90 Å². The summed E-state index contributed by atoms with van der Waals surface area (Å²) in [6.45, 7) is 1.54. The first-order valence-corrected chi connectivity index (χ1v) is 11.8. The Labute approximate surface area is 218 Å². The van der Waals surface area contributed by atoms with Gasteiger partial charge in [0, 0.05) is 10.7 Å². The van der Waals surface area contributed by atoms with Crippen LogP contribution in [0, 0.1) is 11.3 Å². The molecule has 0 radical (unpaired) electrons. The van der Waals surface area contributed by atoms with E-state index in [9.17, 15) is 22.8 Å². The van der Waals surface area contributed by atoms with Gasteiger partial charge in [-0.15, -0.1) is 0 Å². The van der Waals surface area contributed by atoms with Crippen LogP contribution in [0.3, 0.4) is 0 Å². The Balaban J connectivity index is 2.14. The number of rotatable bonds is 6. The minimum Gasteiger partial charge on any atom is -0.465 e. The molecule has 6 nitrogen and oxygen atoms in total. The van der Waals surface area contributed by atoms with Crippen LogP contribution >= 0.6 is 11.6 Å². The zero-order valence-electron chi connectivity index (χ0n) is 19.9. The van der Waals surface area contributed by atoms with Gasteiger partial charge in [-0.25, -0.2) is 9.79 Å². The number of hydrogen-bond donors (Lipinski definition) is 0. The first kappa shape index (κ1) is 27.7. The van der Waals surface area contributed by atoms with Gasteiger partial charge in [-0.3, -0.25) is 4.79 Å². The number of alkyl halides is 6. The lowest BCUT2D eigenvalue weighted by Gasteiger charge is -2.44. The Morgan fingerprint density at radius 2 is 1.45 bits per heavy atom.